The van der Waals surface area contributed by atoms with Crippen LogP contribution in [-0.4, -0.2) is 16.9 Å². The maximum Gasteiger partial charge on any atom is 0.335 e. The van der Waals surface area contributed by atoms with E-state index in [1.54, 1.807) is 6.07 Å². The molecule has 0 atom stereocenters. The van der Waals surface area contributed by atoms with E-state index in [-0.39, 0.29) is 11.3 Å². The van der Waals surface area contributed by atoms with Gasteiger partial charge in [-0.15, -0.1) is 0 Å². The van der Waals surface area contributed by atoms with Crippen LogP contribution in [0, 0.1) is 6.92 Å². The van der Waals surface area contributed by atoms with Crippen LogP contribution in [0.5, 0.6) is 0 Å². The van der Waals surface area contributed by atoms with E-state index >= 15 is 0 Å². The number of carboxylic acid groups (broad SMARTS) is 1. The zero-order valence-corrected chi connectivity index (χ0v) is 9.88. The molecule has 0 fully saturated rings. The number of benzene rings is 2. The first-order chi connectivity index (χ1) is 8.58. The molecule has 3 heteroatoms. The summed E-state index contributed by atoms with van der Waals surface area (Å²) in [6.45, 7) is 1.92. The van der Waals surface area contributed by atoms with Gasteiger partial charge >= 0.3 is 5.97 Å². The molecule has 0 spiro atoms. The van der Waals surface area contributed by atoms with Gasteiger partial charge in [-0.3, -0.25) is 4.79 Å². The minimum absolute atomic E-state index is 0.101. The largest absolute Gasteiger partial charge is 0.478 e. The zero-order chi connectivity index (χ0) is 13.1. The molecule has 0 amide bonds. The zero-order valence-electron chi connectivity index (χ0n) is 9.88. The predicted octanol–water partition coefficient (Wildman–Crippen LogP) is 2.92. The Morgan fingerprint density at radius 3 is 2.06 bits per heavy atom. The molecule has 0 radical (unpaired) electrons. The minimum atomic E-state index is -0.996. The van der Waals surface area contributed by atoms with Crippen LogP contribution >= 0.6 is 0 Å². The van der Waals surface area contributed by atoms with Crippen molar-refractivity contribution in [1.82, 2.24) is 0 Å². The summed E-state index contributed by atoms with van der Waals surface area (Å²) in [6.07, 6.45) is 0. The molecule has 2 aromatic rings. The molecule has 3 nitrogen and oxygen atoms in total. The molecule has 0 saturated heterocycles. The van der Waals surface area contributed by atoms with Crippen molar-refractivity contribution in [3.05, 3.63) is 70.8 Å². The van der Waals surface area contributed by atoms with E-state index < -0.39 is 5.97 Å². The van der Waals surface area contributed by atoms with Crippen molar-refractivity contribution in [2.45, 2.75) is 6.92 Å². The molecule has 0 unspecified atom stereocenters. The first-order valence-electron chi connectivity index (χ1n) is 5.52. The first kappa shape index (κ1) is 12.0. The van der Waals surface area contributed by atoms with Gasteiger partial charge in [0.2, 0.25) is 0 Å². The summed E-state index contributed by atoms with van der Waals surface area (Å²) in [6, 6.07) is 13.3. The third-order valence-corrected chi connectivity index (χ3v) is 2.67. The normalized spacial score (nSPS) is 10.1. The van der Waals surface area contributed by atoms with Gasteiger partial charge in [0.05, 0.1) is 5.56 Å². The van der Waals surface area contributed by atoms with Crippen molar-refractivity contribution in [3.63, 3.8) is 0 Å². The number of rotatable bonds is 3. The Kier molecular flexibility index (Phi) is 3.24. The standard InChI is InChI=1S/C15H12O3/c1-10-3-2-4-13(9-10)14(16)11-5-7-12(8-6-11)15(17)18/h2-9H,1H3,(H,17,18). The number of aromatic carboxylic acids is 1. The summed E-state index contributed by atoms with van der Waals surface area (Å²) in [5, 5.41) is 8.78. The van der Waals surface area contributed by atoms with Gasteiger partial charge in [-0.2, -0.15) is 0 Å². The molecule has 18 heavy (non-hydrogen) atoms. The lowest BCUT2D eigenvalue weighted by atomic mass is 10.0. The van der Waals surface area contributed by atoms with Crippen LogP contribution in [0.2, 0.25) is 0 Å². The summed E-state index contributed by atoms with van der Waals surface area (Å²) in [7, 11) is 0. The Morgan fingerprint density at radius 2 is 1.50 bits per heavy atom. The molecule has 2 aromatic carbocycles. The number of hydrogen-bond acceptors (Lipinski definition) is 2. The van der Waals surface area contributed by atoms with E-state index in [1.807, 2.05) is 25.1 Å². The highest BCUT2D eigenvalue weighted by Gasteiger charge is 2.10. The minimum Gasteiger partial charge on any atom is -0.478 e. The van der Waals surface area contributed by atoms with Gasteiger partial charge < -0.3 is 5.11 Å². The lowest BCUT2D eigenvalue weighted by molar-refractivity contribution is 0.0696. The fraction of sp³-hybridized carbons (Fsp3) is 0.0667. The molecule has 0 heterocycles. The average molecular weight is 240 g/mol. The quantitative estimate of drug-likeness (QED) is 0.839. The van der Waals surface area contributed by atoms with Crippen LogP contribution in [0.1, 0.15) is 31.8 Å². The SMILES string of the molecule is Cc1cccc(C(=O)c2ccc(C(=O)O)cc2)c1. The van der Waals surface area contributed by atoms with Crippen LogP contribution in [0.15, 0.2) is 48.5 Å². The average Bonchev–Trinajstić information content (AvgIpc) is 2.38. The highest BCUT2D eigenvalue weighted by atomic mass is 16.4. The number of ketones is 1. The van der Waals surface area contributed by atoms with Crippen molar-refractivity contribution < 1.29 is 14.7 Å². The van der Waals surface area contributed by atoms with Crippen LogP contribution in [0.25, 0.3) is 0 Å². The monoisotopic (exact) mass is 240 g/mol. The number of carboxylic acids is 1. The number of aryl methyl sites for hydroxylation is 1. The molecule has 0 aliphatic carbocycles. The maximum atomic E-state index is 12.1. The van der Waals surface area contributed by atoms with E-state index in [0.29, 0.717) is 11.1 Å². The molecule has 2 rings (SSSR count). The lowest BCUT2D eigenvalue weighted by Crippen LogP contribution is -2.03. The molecule has 0 bridgehead atoms. The van der Waals surface area contributed by atoms with Crippen molar-refractivity contribution in [2.75, 3.05) is 0 Å². The second kappa shape index (κ2) is 4.84. The molecule has 0 aliphatic heterocycles. The number of carbonyl (C=O) groups excluding carboxylic acids is 1. The Morgan fingerprint density at radius 1 is 0.889 bits per heavy atom. The van der Waals surface area contributed by atoms with Gasteiger partial charge in [-0.05, 0) is 25.1 Å². The van der Waals surface area contributed by atoms with E-state index in [9.17, 15) is 9.59 Å². The van der Waals surface area contributed by atoms with Gasteiger partial charge in [-0.25, -0.2) is 4.79 Å². The molecule has 0 saturated carbocycles. The number of carbonyl (C=O) groups is 2. The highest BCUT2D eigenvalue weighted by Crippen LogP contribution is 2.12. The summed E-state index contributed by atoms with van der Waals surface area (Å²) in [5.74, 6) is -1.10. The smallest absolute Gasteiger partial charge is 0.335 e. The summed E-state index contributed by atoms with van der Waals surface area (Å²) in [4.78, 5) is 22.8. The molecular weight excluding hydrogens is 228 g/mol. The van der Waals surface area contributed by atoms with Gasteiger partial charge in [-0.1, -0.05) is 35.9 Å². The van der Waals surface area contributed by atoms with E-state index in [0.717, 1.165) is 5.56 Å². The highest BCUT2D eigenvalue weighted by molar-refractivity contribution is 6.09. The Bertz CT molecular complexity index is 597. The second-order valence-corrected chi connectivity index (χ2v) is 4.08. The first-order valence-corrected chi connectivity index (χ1v) is 5.52. The molecule has 1 N–H and O–H groups in total. The summed E-state index contributed by atoms with van der Waals surface area (Å²) < 4.78 is 0. The van der Waals surface area contributed by atoms with Gasteiger partial charge in [0, 0.05) is 11.1 Å². The van der Waals surface area contributed by atoms with Gasteiger partial charge in [0.15, 0.2) is 5.78 Å². The third kappa shape index (κ3) is 2.46. The Balaban J connectivity index is 2.32. The van der Waals surface area contributed by atoms with Crippen molar-refractivity contribution in [3.8, 4) is 0 Å². The van der Waals surface area contributed by atoms with Crippen molar-refractivity contribution in [2.24, 2.45) is 0 Å². The third-order valence-electron chi connectivity index (χ3n) is 2.67. The molecule has 0 aromatic heterocycles. The van der Waals surface area contributed by atoms with Crippen molar-refractivity contribution >= 4 is 11.8 Å². The topological polar surface area (TPSA) is 54.4 Å². The van der Waals surface area contributed by atoms with E-state index in [4.69, 9.17) is 5.11 Å². The van der Waals surface area contributed by atoms with Crippen LogP contribution in [0.4, 0.5) is 0 Å². The fourth-order valence-corrected chi connectivity index (χ4v) is 1.72. The lowest BCUT2D eigenvalue weighted by Gasteiger charge is -2.03. The van der Waals surface area contributed by atoms with Crippen molar-refractivity contribution in [1.29, 1.82) is 0 Å². The Labute approximate surface area is 105 Å². The Hall–Kier alpha value is -2.42. The predicted molar refractivity (Wildman–Crippen MR) is 68.0 cm³/mol. The van der Waals surface area contributed by atoms with Crippen LogP contribution in [0.3, 0.4) is 0 Å². The molecule has 0 aliphatic rings. The van der Waals surface area contributed by atoms with Crippen LogP contribution in [-0.2, 0) is 0 Å². The van der Waals surface area contributed by atoms with E-state index in [1.165, 1.54) is 24.3 Å². The second-order valence-electron chi connectivity index (χ2n) is 4.08. The fourth-order valence-electron chi connectivity index (χ4n) is 1.72. The van der Waals surface area contributed by atoms with Gasteiger partial charge in [0.1, 0.15) is 0 Å². The molecular formula is C15H12O3. The molecule has 90 valence electrons. The van der Waals surface area contributed by atoms with Gasteiger partial charge in [0.25, 0.3) is 0 Å². The van der Waals surface area contributed by atoms with Crippen LogP contribution < -0.4 is 0 Å². The van der Waals surface area contributed by atoms with E-state index in [2.05, 4.69) is 0 Å². The summed E-state index contributed by atoms with van der Waals surface area (Å²) in [5.41, 5.74) is 2.29. The summed E-state index contributed by atoms with van der Waals surface area (Å²) >= 11 is 0. The maximum absolute atomic E-state index is 12.1. The number of hydrogen-bond donors (Lipinski definition) is 1.